The molecule has 0 unspecified atom stereocenters. The Kier molecular flexibility index (Phi) is 5.78. The first-order valence-electron chi connectivity index (χ1n) is 8.35. The molecule has 1 saturated carbocycles. The predicted octanol–water partition coefficient (Wildman–Crippen LogP) is 1.58. The highest BCUT2D eigenvalue weighted by atomic mass is 32.2. The smallest absolute Gasteiger partial charge is 0.279 e. The van der Waals surface area contributed by atoms with E-state index in [1.807, 2.05) is 0 Å². The third-order valence-electron chi connectivity index (χ3n) is 3.78. The lowest BCUT2D eigenvalue weighted by Crippen LogP contribution is -2.29. The second-order valence-corrected chi connectivity index (χ2v) is 9.06. The van der Waals surface area contributed by atoms with Crippen LogP contribution in [0.3, 0.4) is 0 Å². The van der Waals surface area contributed by atoms with E-state index in [0.29, 0.717) is 17.1 Å². The molecule has 0 saturated heterocycles. The fourth-order valence-corrected chi connectivity index (χ4v) is 4.35. The fourth-order valence-electron chi connectivity index (χ4n) is 2.20. The highest BCUT2D eigenvalue weighted by Crippen LogP contribution is 2.22. The summed E-state index contributed by atoms with van der Waals surface area (Å²) < 4.78 is 26.8. The molecule has 1 aliphatic carbocycles. The summed E-state index contributed by atoms with van der Waals surface area (Å²) in [5.74, 6) is -0.449. The first kappa shape index (κ1) is 19.3. The number of thiophene rings is 1. The largest absolute Gasteiger partial charge is 0.351 e. The number of anilines is 1. The normalized spacial score (nSPS) is 13.8. The Morgan fingerprint density at radius 3 is 2.44 bits per heavy atom. The van der Waals surface area contributed by atoms with Crippen molar-refractivity contribution in [2.24, 2.45) is 0 Å². The van der Waals surface area contributed by atoms with Crippen molar-refractivity contribution in [1.29, 1.82) is 0 Å². The predicted molar refractivity (Wildman–Crippen MR) is 103 cm³/mol. The third kappa shape index (κ3) is 5.52. The first-order chi connectivity index (χ1) is 12.8. The van der Waals surface area contributed by atoms with Crippen molar-refractivity contribution in [3.05, 3.63) is 46.2 Å². The fraction of sp³-hybridized carbons (Fsp3) is 0.294. The van der Waals surface area contributed by atoms with Gasteiger partial charge in [0.1, 0.15) is 0 Å². The second kappa shape index (κ2) is 8.07. The van der Waals surface area contributed by atoms with Crippen LogP contribution in [0.2, 0.25) is 0 Å². The van der Waals surface area contributed by atoms with E-state index < -0.39 is 10.0 Å². The summed E-state index contributed by atoms with van der Waals surface area (Å²) in [5, 5.41) is 2.67. The summed E-state index contributed by atoms with van der Waals surface area (Å²) in [7, 11) is -3.49. The van der Waals surface area contributed by atoms with E-state index >= 15 is 0 Å². The lowest BCUT2D eigenvalue weighted by atomic mass is 10.3. The number of hydrogen-bond donors (Lipinski definition) is 4. The lowest BCUT2D eigenvalue weighted by molar-refractivity contribution is -0.119. The van der Waals surface area contributed by atoms with Gasteiger partial charge in [-0.3, -0.25) is 20.4 Å². The molecule has 0 atom stereocenters. The van der Waals surface area contributed by atoms with Gasteiger partial charge in [0.25, 0.3) is 5.91 Å². The summed E-state index contributed by atoms with van der Waals surface area (Å²) in [6, 6.07) is 9.64. The van der Waals surface area contributed by atoms with E-state index in [2.05, 4.69) is 20.9 Å². The van der Waals surface area contributed by atoms with Crippen LogP contribution in [0.1, 0.15) is 34.3 Å². The molecule has 0 spiro atoms. The molecule has 0 aliphatic heterocycles. The van der Waals surface area contributed by atoms with Gasteiger partial charge < -0.3 is 5.32 Å². The van der Waals surface area contributed by atoms with Crippen molar-refractivity contribution >= 4 is 38.9 Å². The molecule has 1 aliphatic rings. The summed E-state index contributed by atoms with van der Waals surface area (Å²) in [4.78, 5) is 24.6. The van der Waals surface area contributed by atoms with Crippen molar-refractivity contribution in [3.63, 3.8) is 0 Å². The van der Waals surface area contributed by atoms with Crippen molar-refractivity contribution in [2.75, 3.05) is 5.43 Å². The van der Waals surface area contributed by atoms with Gasteiger partial charge in [-0.25, -0.2) is 13.1 Å². The maximum absolute atomic E-state index is 12.2. The minimum absolute atomic E-state index is 0.0495. The van der Waals surface area contributed by atoms with Gasteiger partial charge in [0.2, 0.25) is 15.9 Å². The van der Waals surface area contributed by atoms with E-state index in [4.69, 9.17) is 0 Å². The van der Waals surface area contributed by atoms with Crippen molar-refractivity contribution in [3.8, 4) is 0 Å². The van der Waals surface area contributed by atoms with Crippen molar-refractivity contribution in [1.82, 2.24) is 15.5 Å². The van der Waals surface area contributed by atoms with Gasteiger partial charge in [-0.1, -0.05) is 0 Å². The number of rotatable bonds is 8. The van der Waals surface area contributed by atoms with Gasteiger partial charge in [-0.2, -0.15) is 0 Å². The SMILES string of the molecule is CC(=O)NCc1ccc(C(=O)NNc2ccc(S(=O)(=O)NC3CC3)cc2)s1. The quantitative estimate of drug-likeness (QED) is 0.495. The number of sulfonamides is 1. The van der Waals surface area contributed by atoms with Crippen molar-refractivity contribution in [2.45, 2.75) is 37.2 Å². The number of nitrogens with one attached hydrogen (secondary N) is 4. The molecule has 1 heterocycles. The Labute approximate surface area is 161 Å². The number of benzene rings is 1. The van der Waals surface area contributed by atoms with Crippen LogP contribution in [0.15, 0.2) is 41.3 Å². The van der Waals surface area contributed by atoms with Gasteiger partial charge in [-0.05, 0) is 49.2 Å². The molecule has 0 bridgehead atoms. The molecule has 1 aromatic heterocycles. The molecule has 2 aromatic rings. The summed E-state index contributed by atoms with van der Waals surface area (Å²) in [6.07, 6.45) is 1.75. The van der Waals surface area contributed by atoms with Gasteiger partial charge in [0, 0.05) is 17.8 Å². The number of hydrazine groups is 1. The van der Waals surface area contributed by atoms with Crippen LogP contribution in [-0.2, 0) is 21.4 Å². The highest BCUT2D eigenvalue weighted by molar-refractivity contribution is 7.89. The van der Waals surface area contributed by atoms with Gasteiger partial charge in [-0.15, -0.1) is 11.3 Å². The molecule has 1 aromatic carbocycles. The molecule has 2 amide bonds. The first-order valence-corrected chi connectivity index (χ1v) is 10.7. The topological polar surface area (TPSA) is 116 Å². The molecular formula is C17H20N4O4S2. The molecule has 1 fully saturated rings. The number of carbonyl (C=O) groups is 2. The van der Waals surface area contributed by atoms with Gasteiger partial charge >= 0.3 is 0 Å². The van der Waals surface area contributed by atoms with E-state index in [-0.39, 0.29) is 22.8 Å². The zero-order valence-corrected chi connectivity index (χ0v) is 16.2. The summed E-state index contributed by atoms with van der Waals surface area (Å²) in [6.45, 7) is 1.81. The highest BCUT2D eigenvalue weighted by Gasteiger charge is 2.27. The Morgan fingerprint density at radius 2 is 1.81 bits per heavy atom. The number of carbonyl (C=O) groups excluding carboxylic acids is 2. The number of amides is 2. The van der Waals surface area contributed by atoms with Crippen LogP contribution in [0.25, 0.3) is 0 Å². The zero-order valence-electron chi connectivity index (χ0n) is 14.6. The lowest BCUT2D eigenvalue weighted by Gasteiger charge is -2.09. The third-order valence-corrected chi connectivity index (χ3v) is 6.40. The van der Waals surface area contributed by atoms with E-state index in [1.54, 1.807) is 24.3 Å². The Balaban J connectivity index is 1.53. The Bertz CT molecular complexity index is 934. The summed E-state index contributed by atoms with van der Waals surface area (Å²) in [5.41, 5.74) is 5.88. The minimum atomic E-state index is -3.49. The molecule has 3 rings (SSSR count). The average molecular weight is 409 g/mol. The van der Waals surface area contributed by atoms with Crippen LogP contribution in [0.4, 0.5) is 5.69 Å². The van der Waals surface area contributed by atoms with Crippen LogP contribution in [0, 0.1) is 0 Å². The molecule has 144 valence electrons. The zero-order chi connectivity index (χ0) is 19.4. The Morgan fingerprint density at radius 1 is 1.11 bits per heavy atom. The summed E-state index contributed by atoms with van der Waals surface area (Å²) >= 11 is 1.28. The molecule has 10 heteroatoms. The van der Waals surface area contributed by atoms with E-state index in [1.165, 1.54) is 30.4 Å². The number of hydrogen-bond acceptors (Lipinski definition) is 6. The van der Waals surface area contributed by atoms with Crippen LogP contribution in [0.5, 0.6) is 0 Å². The van der Waals surface area contributed by atoms with Crippen LogP contribution < -0.4 is 20.9 Å². The Hall–Kier alpha value is -2.43. The second-order valence-electron chi connectivity index (χ2n) is 6.17. The maximum Gasteiger partial charge on any atom is 0.279 e. The molecule has 0 radical (unpaired) electrons. The van der Waals surface area contributed by atoms with Crippen LogP contribution in [-0.4, -0.2) is 26.3 Å². The van der Waals surface area contributed by atoms with Gasteiger partial charge in [0.05, 0.1) is 22.0 Å². The van der Waals surface area contributed by atoms with Gasteiger partial charge in [0.15, 0.2) is 0 Å². The average Bonchev–Trinajstić information content (AvgIpc) is 3.30. The molecule has 4 N–H and O–H groups in total. The van der Waals surface area contributed by atoms with E-state index in [9.17, 15) is 18.0 Å². The van der Waals surface area contributed by atoms with E-state index in [0.717, 1.165) is 17.7 Å². The maximum atomic E-state index is 12.2. The van der Waals surface area contributed by atoms with Crippen LogP contribution >= 0.6 is 11.3 Å². The monoisotopic (exact) mass is 408 g/mol. The molecule has 8 nitrogen and oxygen atoms in total. The van der Waals surface area contributed by atoms with Crippen molar-refractivity contribution < 1.29 is 18.0 Å². The molecular weight excluding hydrogens is 388 g/mol. The minimum Gasteiger partial charge on any atom is -0.351 e. The molecule has 27 heavy (non-hydrogen) atoms. The standard InChI is InChI=1S/C17H20N4O4S2/c1-11(22)18-10-14-6-9-16(26-14)17(23)20-19-12-4-7-15(8-5-12)27(24,25)21-13-2-3-13/h4-9,13,19,21H,2-3,10H2,1H3,(H,18,22)(H,20,23).